The van der Waals surface area contributed by atoms with Gasteiger partial charge in [-0.2, -0.15) is 0 Å². The van der Waals surface area contributed by atoms with Gasteiger partial charge in [0, 0.05) is 22.2 Å². The van der Waals surface area contributed by atoms with Gasteiger partial charge in [0.1, 0.15) is 0 Å². The lowest BCUT2D eigenvalue weighted by atomic mass is 9.87. The van der Waals surface area contributed by atoms with Crippen molar-refractivity contribution < 1.29 is 14.7 Å². The Labute approximate surface area is 116 Å². The average Bonchev–Trinajstić information content (AvgIpc) is 3.10. The number of amides is 1. The number of carbonyl (C=O) groups is 2. The quantitative estimate of drug-likeness (QED) is 0.925. The van der Waals surface area contributed by atoms with Gasteiger partial charge in [-0.15, -0.1) is 11.3 Å². The van der Waals surface area contributed by atoms with Crippen LogP contribution in [0.5, 0.6) is 0 Å². The first kappa shape index (κ1) is 12.7. The molecule has 2 heterocycles. The van der Waals surface area contributed by atoms with Crippen molar-refractivity contribution in [3.8, 4) is 0 Å². The zero-order valence-electron chi connectivity index (χ0n) is 10.8. The van der Waals surface area contributed by atoms with Gasteiger partial charge in [-0.1, -0.05) is 0 Å². The fourth-order valence-electron chi connectivity index (χ4n) is 2.90. The molecule has 2 unspecified atom stereocenters. The van der Waals surface area contributed by atoms with Gasteiger partial charge >= 0.3 is 5.97 Å². The SMILES string of the molecule is Cc1ccc(C2C(C(=O)O)CCC(=O)N2C2CC2)s1. The first-order chi connectivity index (χ1) is 9.08. The van der Waals surface area contributed by atoms with E-state index in [2.05, 4.69) is 0 Å². The van der Waals surface area contributed by atoms with Crippen LogP contribution < -0.4 is 0 Å². The second kappa shape index (κ2) is 4.63. The molecule has 1 aromatic heterocycles. The Hall–Kier alpha value is -1.36. The number of hydrogen-bond donors (Lipinski definition) is 1. The van der Waals surface area contributed by atoms with Crippen molar-refractivity contribution in [2.45, 2.75) is 44.7 Å². The maximum atomic E-state index is 12.2. The number of carboxylic acid groups (broad SMARTS) is 1. The Morgan fingerprint density at radius 2 is 2.11 bits per heavy atom. The van der Waals surface area contributed by atoms with Crippen LogP contribution in [0.4, 0.5) is 0 Å². The lowest BCUT2D eigenvalue weighted by Crippen LogP contribution is -2.46. The minimum absolute atomic E-state index is 0.121. The molecular formula is C14H17NO3S. The molecule has 4 nitrogen and oxygen atoms in total. The van der Waals surface area contributed by atoms with Gasteiger partial charge in [0.05, 0.1) is 12.0 Å². The van der Waals surface area contributed by atoms with E-state index < -0.39 is 11.9 Å². The highest BCUT2D eigenvalue weighted by molar-refractivity contribution is 7.12. The summed E-state index contributed by atoms with van der Waals surface area (Å²) in [4.78, 5) is 27.7. The minimum Gasteiger partial charge on any atom is -0.481 e. The first-order valence-corrected chi connectivity index (χ1v) is 7.50. The maximum Gasteiger partial charge on any atom is 0.308 e. The van der Waals surface area contributed by atoms with Crippen LogP contribution in [0.2, 0.25) is 0 Å². The highest BCUT2D eigenvalue weighted by atomic mass is 32.1. The summed E-state index contributed by atoms with van der Waals surface area (Å²) < 4.78 is 0. The van der Waals surface area contributed by atoms with E-state index in [0.29, 0.717) is 12.8 Å². The molecule has 102 valence electrons. The first-order valence-electron chi connectivity index (χ1n) is 6.68. The van der Waals surface area contributed by atoms with E-state index in [9.17, 15) is 14.7 Å². The third-order valence-electron chi connectivity index (χ3n) is 3.95. The van der Waals surface area contributed by atoms with Crippen LogP contribution in [0.3, 0.4) is 0 Å². The summed E-state index contributed by atoms with van der Waals surface area (Å²) in [5, 5.41) is 9.45. The largest absolute Gasteiger partial charge is 0.481 e. The van der Waals surface area contributed by atoms with Gasteiger partial charge in [0.25, 0.3) is 0 Å². The second-order valence-corrected chi connectivity index (χ2v) is 6.73. The third-order valence-corrected chi connectivity index (χ3v) is 5.02. The van der Waals surface area contributed by atoms with Gasteiger partial charge in [0.2, 0.25) is 5.91 Å². The number of carbonyl (C=O) groups excluding carboxylic acids is 1. The smallest absolute Gasteiger partial charge is 0.308 e. The van der Waals surface area contributed by atoms with Crippen molar-refractivity contribution in [3.05, 3.63) is 21.9 Å². The van der Waals surface area contributed by atoms with E-state index in [1.165, 1.54) is 0 Å². The molecule has 0 bridgehead atoms. The molecule has 1 N–H and O–H groups in total. The molecule has 1 amide bonds. The molecule has 3 rings (SSSR count). The summed E-state index contributed by atoms with van der Waals surface area (Å²) >= 11 is 1.61. The molecule has 19 heavy (non-hydrogen) atoms. The Bertz CT molecular complexity index is 521. The van der Waals surface area contributed by atoms with Crippen molar-refractivity contribution in [1.29, 1.82) is 0 Å². The monoisotopic (exact) mass is 279 g/mol. The van der Waals surface area contributed by atoms with Crippen molar-refractivity contribution >= 4 is 23.2 Å². The summed E-state index contributed by atoms with van der Waals surface area (Å²) in [6.45, 7) is 2.01. The van der Waals surface area contributed by atoms with E-state index in [1.54, 1.807) is 11.3 Å². The summed E-state index contributed by atoms with van der Waals surface area (Å²) in [5.74, 6) is -1.12. The summed E-state index contributed by atoms with van der Waals surface area (Å²) in [6.07, 6.45) is 2.85. The minimum atomic E-state index is -0.783. The molecular weight excluding hydrogens is 262 g/mol. The van der Waals surface area contributed by atoms with Crippen LogP contribution in [0, 0.1) is 12.8 Å². The van der Waals surface area contributed by atoms with Crippen LogP contribution in [0.1, 0.15) is 41.5 Å². The third kappa shape index (κ3) is 2.27. The molecule has 2 aliphatic rings. The molecule has 1 saturated carbocycles. The average molecular weight is 279 g/mol. The number of rotatable bonds is 3. The molecule has 2 atom stereocenters. The number of carboxylic acids is 1. The molecule has 5 heteroatoms. The summed E-state index contributed by atoms with van der Waals surface area (Å²) in [7, 11) is 0. The summed E-state index contributed by atoms with van der Waals surface area (Å²) in [5.41, 5.74) is 0. The highest BCUT2D eigenvalue weighted by Gasteiger charge is 2.46. The fourth-order valence-corrected chi connectivity index (χ4v) is 3.95. The predicted molar refractivity (Wildman–Crippen MR) is 72.0 cm³/mol. The van der Waals surface area contributed by atoms with Crippen molar-refractivity contribution in [3.63, 3.8) is 0 Å². The number of likely N-dealkylation sites (tertiary alicyclic amines) is 1. The Morgan fingerprint density at radius 3 is 2.63 bits per heavy atom. The van der Waals surface area contributed by atoms with Gasteiger partial charge in [0.15, 0.2) is 0 Å². The zero-order valence-corrected chi connectivity index (χ0v) is 11.7. The zero-order chi connectivity index (χ0) is 13.6. The van der Waals surface area contributed by atoms with Crippen molar-refractivity contribution in [1.82, 2.24) is 4.90 Å². The number of aryl methyl sites for hydroxylation is 1. The van der Waals surface area contributed by atoms with E-state index >= 15 is 0 Å². The topological polar surface area (TPSA) is 57.6 Å². The number of piperidine rings is 1. The molecule has 0 aromatic carbocycles. The van der Waals surface area contributed by atoms with Gasteiger partial charge in [-0.25, -0.2) is 0 Å². The van der Waals surface area contributed by atoms with Gasteiger partial charge in [-0.05, 0) is 38.3 Å². The van der Waals surface area contributed by atoms with Crippen molar-refractivity contribution in [2.24, 2.45) is 5.92 Å². The van der Waals surface area contributed by atoms with E-state index in [1.807, 2.05) is 24.0 Å². The van der Waals surface area contributed by atoms with Crippen LogP contribution in [-0.4, -0.2) is 27.9 Å². The second-order valence-electron chi connectivity index (χ2n) is 5.41. The number of nitrogens with zero attached hydrogens (tertiary/aromatic N) is 1. The van der Waals surface area contributed by atoms with Crippen LogP contribution in [0.15, 0.2) is 12.1 Å². The molecule has 1 aliphatic carbocycles. The number of hydrogen-bond acceptors (Lipinski definition) is 3. The normalized spacial score (nSPS) is 27.6. The van der Waals surface area contributed by atoms with Crippen LogP contribution in [-0.2, 0) is 9.59 Å². The molecule has 0 spiro atoms. The molecule has 1 aromatic rings. The lowest BCUT2D eigenvalue weighted by Gasteiger charge is -2.39. The van der Waals surface area contributed by atoms with E-state index in [4.69, 9.17) is 0 Å². The maximum absolute atomic E-state index is 12.2. The molecule has 2 fully saturated rings. The molecule has 1 aliphatic heterocycles. The Morgan fingerprint density at radius 1 is 1.37 bits per heavy atom. The predicted octanol–water partition coefficient (Wildman–Crippen LogP) is 2.58. The molecule has 1 saturated heterocycles. The van der Waals surface area contributed by atoms with E-state index in [-0.39, 0.29) is 18.0 Å². The van der Waals surface area contributed by atoms with Crippen LogP contribution >= 0.6 is 11.3 Å². The lowest BCUT2D eigenvalue weighted by molar-refractivity contribution is -0.152. The number of aliphatic carboxylic acids is 1. The summed E-state index contributed by atoms with van der Waals surface area (Å²) in [6, 6.07) is 3.99. The van der Waals surface area contributed by atoms with Crippen molar-refractivity contribution in [2.75, 3.05) is 0 Å². The highest BCUT2D eigenvalue weighted by Crippen LogP contribution is 2.45. The van der Waals surface area contributed by atoms with Gasteiger partial charge < -0.3 is 10.0 Å². The van der Waals surface area contributed by atoms with Crippen LogP contribution in [0.25, 0.3) is 0 Å². The fraction of sp³-hybridized carbons (Fsp3) is 0.571. The van der Waals surface area contributed by atoms with Gasteiger partial charge in [-0.3, -0.25) is 9.59 Å². The standard InChI is InChI=1S/C14H17NO3S/c1-8-2-6-11(19-8)13-10(14(17)18)5-7-12(16)15(13)9-3-4-9/h2,6,9-10,13H,3-5,7H2,1H3,(H,17,18). The Balaban J connectivity index is 1.99. The molecule has 0 radical (unpaired) electrons. The van der Waals surface area contributed by atoms with E-state index in [0.717, 1.165) is 22.6 Å². The Kier molecular flexibility index (Phi) is 3.09. The number of thiophene rings is 1.